The fraction of sp³-hybridized carbons (Fsp3) is 0.500. The molecule has 0 bridgehead atoms. The first-order valence-corrected chi connectivity index (χ1v) is 5.93. The van der Waals surface area contributed by atoms with Gasteiger partial charge in [-0.15, -0.1) is 0 Å². The van der Waals surface area contributed by atoms with Gasteiger partial charge in [-0.25, -0.2) is 0 Å². The Morgan fingerprint density at radius 1 is 1.44 bits per heavy atom. The van der Waals surface area contributed by atoms with Crippen molar-refractivity contribution >= 4 is 5.97 Å². The largest absolute Gasteiger partial charge is 0.469 e. The molecule has 16 heavy (non-hydrogen) atoms. The molecular weight excluding hydrogens is 200 g/mol. The summed E-state index contributed by atoms with van der Waals surface area (Å²) in [5.41, 5.74) is 2.43. The number of rotatable bonds is 4. The number of benzene rings is 1. The van der Waals surface area contributed by atoms with Gasteiger partial charge in [-0.2, -0.15) is 0 Å². The summed E-state index contributed by atoms with van der Waals surface area (Å²) in [5, 5.41) is 0. The highest BCUT2D eigenvalue weighted by atomic mass is 16.5. The minimum absolute atomic E-state index is 0.0406. The van der Waals surface area contributed by atoms with Crippen molar-refractivity contribution in [3.8, 4) is 0 Å². The van der Waals surface area contributed by atoms with Crippen molar-refractivity contribution in [3.63, 3.8) is 0 Å². The van der Waals surface area contributed by atoms with Crippen LogP contribution in [-0.4, -0.2) is 13.1 Å². The average molecular weight is 218 g/mol. The summed E-state index contributed by atoms with van der Waals surface area (Å²) in [6.07, 6.45) is 3.27. The molecule has 2 heteroatoms. The molecule has 1 aliphatic carbocycles. The molecule has 1 fully saturated rings. The van der Waals surface area contributed by atoms with E-state index in [9.17, 15) is 4.79 Å². The smallest absolute Gasteiger partial charge is 0.313 e. The van der Waals surface area contributed by atoms with Crippen LogP contribution in [0.4, 0.5) is 0 Å². The van der Waals surface area contributed by atoms with E-state index in [1.807, 2.05) is 12.1 Å². The Balaban J connectivity index is 2.34. The number of aryl methyl sites for hydroxylation is 1. The van der Waals surface area contributed by atoms with Gasteiger partial charge in [0.2, 0.25) is 0 Å². The molecule has 1 unspecified atom stereocenters. The maximum atomic E-state index is 11.8. The molecule has 0 aliphatic heterocycles. The maximum Gasteiger partial charge on any atom is 0.313 e. The molecule has 0 aromatic heterocycles. The van der Waals surface area contributed by atoms with Gasteiger partial charge in [-0.3, -0.25) is 4.79 Å². The van der Waals surface area contributed by atoms with Gasteiger partial charge in [0.1, 0.15) is 0 Å². The minimum atomic E-state index is -0.0802. The molecule has 1 atom stereocenters. The second kappa shape index (κ2) is 4.69. The Kier molecular flexibility index (Phi) is 3.28. The number of carbonyl (C=O) groups excluding carboxylic acids is 1. The lowest BCUT2D eigenvalue weighted by Gasteiger charge is -2.17. The Labute approximate surface area is 96.6 Å². The van der Waals surface area contributed by atoms with E-state index in [-0.39, 0.29) is 11.9 Å². The molecule has 0 heterocycles. The average Bonchev–Trinajstić information content (AvgIpc) is 3.14. The summed E-state index contributed by atoms with van der Waals surface area (Å²) in [6, 6.07) is 8.21. The molecule has 2 rings (SSSR count). The van der Waals surface area contributed by atoms with E-state index >= 15 is 0 Å². The van der Waals surface area contributed by atoms with E-state index in [1.54, 1.807) is 0 Å². The molecule has 0 N–H and O–H groups in total. The number of methoxy groups -OCH3 is 1. The third-order valence-corrected chi connectivity index (χ3v) is 3.32. The van der Waals surface area contributed by atoms with Crippen molar-refractivity contribution < 1.29 is 9.53 Å². The molecule has 1 aromatic carbocycles. The third kappa shape index (κ3) is 2.11. The Bertz CT molecular complexity index is 380. The maximum absolute atomic E-state index is 11.8. The second-order valence-electron chi connectivity index (χ2n) is 4.39. The number of carbonyl (C=O) groups is 1. The van der Waals surface area contributed by atoms with Crippen LogP contribution in [0.25, 0.3) is 0 Å². The highest BCUT2D eigenvalue weighted by Gasteiger charge is 2.38. The van der Waals surface area contributed by atoms with Gasteiger partial charge < -0.3 is 4.74 Å². The van der Waals surface area contributed by atoms with Gasteiger partial charge in [0, 0.05) is 0 Å². The summed E-state index contributed by atoms with van der Waals surface area (Å²) in [6.45, 7) is 2.13. The topological polar surface area (TPSA) is 26.3 Å². The summed E-state index contributed by atoms with van der Waals surface area (Å²) in [5.74, 6) is 0.379. The minimum Gasteiger partial charge on any atom is -0.469 e. The van der Waals surface area contributed by atoms with Crippen LogP contribution in [-0.2, 0) is 16.0 Å². The van der Waals surface area contributed by atoms with Crippen LogP contribution in [0, 0.1) is 5.92 Å². The monoisotopic (exact) mass is 218 g/mol. The van der Waals surface area contributed by atoms with Crippen LogP contribution in [0.5, 0.6) is 0 Å². The molecule has 0 amide bonds. The van der Waals surface area contributed by atoms with Crippen molar-refractivity contribution in [3.05, 3.63) is 35.4 Å². The highest BCUT2D eigenvalue weighted by molar-refractivity contribution is 5.79. The van der Waals surface area contributed by atoms with Crippen molar-refractivity contribution in [2.24, 2.45) is 5.92 Å². The quantitative estimate of drug-likeness (QED) is 0.726. The molecule has 1 aromatic rings. The molecule has 2 nitrogen and oxygen atoms in total. The summed E-state index contributed by atoms with van der Waals surface area (Å²) in [4.78, 5) is 11.8. The van der Waals surface area contributed by atoms with Gasteiger partial charge in [-0.1, -0.05) is 31.2 Å². The zero-order valence-corrected chi connectivity index (χ0v) is 9.90. The summed E-state index contributed by atoms with van der Waals surface area (Å²) < 4.78 is 4.93. The third-order valence-electron chi connectivity index (χ3n) is 3.32. The Morgan fingerprint density at radius 2 is 2.12 bits per heavy atom. The SMILES string of the molecule is CCc1ccccc1C(C(=O)OC)C1CC1. The normalized spacial score (nSPS) is 16.9. The van der Waals surface area contributed by atoms with Crippen LogP contribution in [0.1, 0.15) is 36.8 Å². The lowest BCUT2D eigenvalue weighted by molar-refractivity contribution is -0.143. The number of hydrogen-bond donors (Lipinski definition) is 0. The van der Waals surface area contributed by atoms with Crippen LogP contribution in [0.2, 0.25) is 0 Å². The van der Waals surface area contributed by atoms with E-state index in [1.165, 1.54) is 18.2 Å². The van der Waals surface area contributed by atoms with Gasteiger partial charge in [0.15, 0.2) is 0 Å². The lowest BCUT2D eigenvalue weighted by atomic mass is 9.89. The van der Waals surface area contributed by atoms with Gasteiger partial charge >= 0.3 is 5.97 Å². The van der Waals surface area contributed by atoms with Crippen molar-refractivity contribution in [2.45, 2.75) is 32.1 Å². The van der Waals surface area contributed by atoms with E-state index in [0.29, 0.717) is 5.92 Å². The number of ether oxygens (including phenoxy) is 1. The molecule has 0 saturated heterocycles. The molecule has 0 radical (unpaired) electrons. The molecule has 1 saturated carbocycles. The standard InChI is InChI=1S/C14H18O2/c1-3-10-6-4-5-7-12(10)13(11-8-9-11)14(15)16-2/h4-7,11,13H,3,8-9H2,1-2H3. The van der Waals surface area contributed by atoms with Gasteiger partial charge in [-0.05, 0) is 36.3 Å². The molecular formula is C14H18O2. The van der Waals surface area contributed by atoms with E-state index < -0.39 is 0 Å². The first-order chi connectivity index (χ1) is 7.77. The van der Waals surface area contributed by atoms with E-state index in [0.717, 1.165) is 19.3 Å². The zero-order chi connectivity index (χ0) is 11.5. The number of hydrogen-bond acceptors (Lipinski definition) is 2. The van der Waals surface area contributed by atoms with Crippen LogP contribution in [0.15, 0.2) is 24.3 Å². The molecule has 0 spiro atoms. The fourth-order valence-electron chi connectivity index (χ4n) is 2.29. The Hall–Kier alpha value is -1.31. The lowest BCUT2D eigenvalue weighted by Crippen LogP contribution is -2.17. The predicted octanol–water partition coefficient (Wildman–Crippen LogP) is 2.92. The first-order valence-electron chi connectivity index (χ1n) is 5.93. The second-order valence-corrected chi connectivity index (χ2v) is 4.39. The fourth-order valence-corrected chi connectivity index (χ4v) is 2.29. The number of esters is 1. The van der Waals surface area contributed by atoms with Gasteiger partial charge in [0.25, 0.3) is 0 Å². The van der Waals surface area contributed by atoms with Crippen LogP contribution < -0.4 is 0 Å². The molecule has 1 aliphatic rings. The van der Waals surface area contributed by atoms with Gasteiger partial charge in [0.05, 0.1) is 13.0 Å². The Morgan fingerprint density at radius 3 is 2.69 bits per heavy atom. The van der Waals surface area contributed by atoms with E-state index in [2.05, 4.69) is 19.1 Å². The summed E-state index contributed by atoms with van der Waals surface area (Å²) >= 11 is 0. The van der Waals surface area contributed by atoms with Crippen molar-refractivity contribution in [1.29, 1.82) is 0 Å². The predicted molar refractivity (Wildman–Crippen MR) is 63.3 cm³/mol. The summed E-state index contributed by atoms with van der Waals surface area (Å²) in [7, 11) is 1.48. The first kappa shape index (κ1) is 11.2. The zero-order valence-electron chi connectivity index (χ0n) is 9.90. The molecule has 86 valence electrons. The van der Waals surface area contributed by atoms with Crippen molar-refractivity contribution in [1.82, 2.24) is 0 Å². The van der Waals surface area contributed by atoms with Crippen molar-refractivity contribution in [2.75, 3.05) is 7.11 Å². The highest BCUT2D eigenvalue weighted by Crippen LogP contribution is 2.44. The van der Waals surface area contributed by atoms with Crippen LogP contribution >= 0.6 is 0 Å². The van der Waals surface area contributed by atoms with Crippen LogP contribution in [0.3, 0.4) is 0 Å². The van der Waals surface area contributed by atoms with E-state index in [4.69, 9.17) is 4.74 Å².